The van der Waals surface area contributed by atoms with Crippen molar-refractivity contribution in [3.05, 3.63) is 126 Å². The molecule has 0 N–H and O–H groups in total. The number of benzene rings is 5. The van der Waals surface area contributed by atoms with Crippen LogP contribution in [0.15, 0.2) is 115 Å². The topological polar surface area (TPSA) is 62.5 Å². The number of rotatable bonds is 5. The van der Waals surface area contributed by atoms with Gasteiger partial charge in [-0.2, -0.15) is 5.26 Å². The molecule has 1 aromatic heterocycles. The number of fused-ring (bicyclic) bond motifs is 3. The number of aromatic nitrogens is 3. The van der Waals surface area contributed by atoms with Crippen LogP contribution in [0.5, 0.6) is 0 Å². The van der Waals surface area contributed by atoms with Gasteiger partial charge in [0.25, 0.3) is 0 Å². The van der Waals surface area contributed by atoms with E-state index in [4.69, 9.17) is 15.0 Å². The van der Waals surface area contributed by atoms with Gasteiger partial charge in [-0.15, -0.1) is 0 Å². The zero-order chi connectivity index (χ0) is 32.0. The zero-order valence-electron chi connectivity index (χ0n) is 27.0. The summed E-state index contributed by atoms with van der Waals surface area (Å²) in [4.78, 5) is 15.0. The lowest BCUT2D eigenvalue weighted by Gasteiger charge is -2.50. The van der Waals surface area contributed by atoms with E-state index in [-0.39, 0.29) is 0 Å². The minimum Gasteiger partial charge on any atom is -0.208 e. The summed E-state index contributed by atoms with van der Waals surface area (Å²) in [5.41, 5.74) is 7.60. The average Bonchev–Trinajstić information content (AvgIpc) is 3.11. The lowest BCUT2D eigenvalue weighted by Crippen LogP contribution is -2.42. The van der Waals surface area contributed by atoms with Gasteiger partial charge in [-0.25, -0.2) is 15.0 Å². The molecule has 2 aliphatic rings. The van der Waals surface area contributed by atoms with Crippen molar-refractivity contribution in [3.63, 3.8) is 0 Å². The van der Waals surface area contributed by atoms with Gasteiger partial charge in [0, 0.05) is 16.7 Å². The lowest BCUT2D eigenvalue weighted by molar-refractivity contribution is 0.0780. The number of hydrogen-bond acceptors (Lipinski definition) is 4. The largest absolute Gasteiger partial charge is 0.208 e. The zero-order valence-corrected chi connectivity index (χ0v) is 27.0. The van der Waals surface area contributed by atoms with E-state index in [9.17, 15) is 5.26 Å². The van der Waals surface area contributed by atoms with E-state index in [2.05, 4.69) is 92.7 Å². The molecule has 6 aromatic rings. The van der Waals surface area contributed by atoms with Gasteiger partial charge in [-0.05, 0) is 94.9 Å². The fourth-order valence-electron chi connectivity index (χ4n) is 8.78. The quantitative estimate of drug-likeness (QED) is 0.195. The van der Waals surface area contributed by atoms with Gasteiger partial charge in [0.15, 0.2) is 17.5 Å². The molecular formula is C43H38N4. The Morgan fingerprint density at radius 3 is 1.79 bits per heavy atom. The van der Waals surface area contributed by atoms with E-state index < -0.39 is 0 Å². The molecule has 5 aromatic carbocycles. The van der Waals surface area contributed by atoms with Gasteiger partial charge in [0.2, 0.25) is 0 Å². The predicted octanol–water partition coefficient (Wildman–Crippen LogP) is 10.7. The van der Waals surface area contributed by atoms with Crippen molar-refractivity contribution in [1.29, 1.82) is 5.26 Å². The molecule has 8 rings (SSSR count). The van der Waals surface area contributed by atoms with Gasteiger partial charge in [-0.1, -0.05) is 117 Å². The molecule has 2 saturated carbocycles. The molecule has 1 heterocycles. The minimum absolute atomic E-state index is 0.293. The van der Waals surface area contributed by atoms with Gasteiger partial charge in [0.1, 0.15) is 0 Å². The second-order valence-electron chi connectivity index (χ2n) is 14.1. The van der Waals surface area contributed by atoms with Crippen LogP contribution in [0.4, 0.5) is 0 Å². The number of nitriles is 1. The molecule has 4 heteroatoms. The van der Waals surface area contributed by atoms with Gasteiger partial charge >= 0.3 is 0 Å². The highest BCUT2D eigenvalue weighted by Crippen LogP contribution is 2.54. The van der Waals surface area contributed by atoms with Crippen molar-refractivity contribution >= 4 is 10.8 Å². The van der Waals surface area contributed by atoms with Crippen molar-refractivity contribution in [2.45, 2.75) is 51.4 Å². The fourth-order valence-corrected chi connectivity index (χ4v) is 8.78. The van der Waals surface area contributed by atoms with Crippen LogP contribution in [0, 0.1) is 29.1 Å². The third-order valence-electron chi connectivity index (χ3n) is 10.5. The molecule has 230 valence electrons. The number of nitrogens with zero attached hydrogens (tertiary/aromatic N) is 4. The maximum absolute atomic E-state index is 9.36. The van der Waals surface area contributed by atoms with Crippen LogP contribution in [0.1, 0.15) is 57.1 Å². The van der Waals surface area contributed by atoms with Crippen LogP contribution in [0.25, 0.3) is 56.1 Å². The monoisotopic (exact) mass is 610 g/mol. The summed E-state index contributed by atoms with van der Waals surface area (Å²) in [7, 11) is 0. The van der Waals surface area contributed by atoms with Crippen LogP contribution in [0.3, 0.4) is 0 Å². The Morgan fingerprint density at radius 1 is 0.596 bits per heavy atom. The highest BCUT2D eigenvalue weighted by Gasteiger charge is 2.45. The fraction of sp³-hybridized carbons (Fsp3) is 0.256. The lowest BCUT2D eigenvalue weighted by atomic mass is 9.54. The third kappa shape index (κ3) is 5.61. The first kappa shape index (κ1) is 29.3. The normalized spacial score (nSPS) is 22.1. The molecule has 47 heavy (non-hydrogen) atoms. The molecule has 2 aliphatic carbocycles. The van der Waals surface area contributed by atoms with Crippen LogP contribution < -0.4 is 0 Å². The summed E-state index contributed by atoms with van der Waals surface area (Å²) in [6.45, 7) is 4.89. The summed E-state index contributed by atoms with van der Waals surface area (Å²) in [6, 6.07) is 42.1. The second-order valence-corrected chi connectivity index (χ2v) is 14.1. The molecule has 4 nitrogen and oxygen atoms in total. The smallest absolute Gasteiger partial charge is 0.164 e. The van der Waals surface area contributed by atoms with Crippen molar-refractivity contribution in [1.82, 2.24) is 15.0 Å². The first-order chi connectivity index (χ1) is 23.0. The van der Waals surface area contributed by atoms with Crippen LogP contribution in [-0.2, 0) is 5.41 Å². The summed E-state index contributed by atoms with van der Waals surface area (Å²) in [6.07, 6.45) is 6.66. The molecule has 0 spiro atoms. The maximum Gasteiger partial charge on any atom is 0.164 e. The standard InChI is InChI=1S/C43H38N4/c1-28-21-31-22-29(2)25-43(24-28,26-31)37-18-16-35(17-19-37)42-46-40(33-7-4-3-5-8-33)45-41(47-42)34-14-12-32(13-15-34)38-10-6-9-36-23-30(27-44)11-20-39(36)38/h3-20,23,28-29,31H,21-22,24-26H2,1-2H3/t28-,29+,31-,43?. The van der Waals surface area contributed by atoms with Crippen LogP contribution in [0.2, 0.25) is 0 Å². The Labute approximate surface area is 277 Å². The molecule has 0 amide bonds. The summed E-state index contributed by atoms with van der Waals surface area (Å²) >= 11 is 0. The second kappa shape index (κ2) is 11.9. The van der Waals surface area contributed by atoms with E-state index in [0.29, 0.717) is 28.5 Å². The summed E-state index contributed by atoms with van der Waals surface area (Å²) in [5.74, 6) is 4.43. The highest BCUT2D eigenvalue weighted by molar-refractivity contribution is 5.97. The van der Waals surface area contributed by atoms with Crippen molar-refractivity contribution in [2.24, 2.45) is 17.8 Å². The van der Waals surface area contributed by atoms with Crippen LogP contribution >= 0.6 is 0 Å². The molecule has 1 unspecified atom stereocenters. The van der Waals surface area contributed by atoms with Gasteiger partial charge in [0.05, 0.1) is 11.6 Å². The van der Waals surface area contributed by atoms with E-state index in [1.54, 1.807) is 0 Å². The SMILES string of the molecule is C[C@@H]1C[C@@H]2C[C@H](C)CC(c3ccc(-c4nc(-c5ccccc5)nc(-c5ccc(-c6cccc7cc(C#N)ccc67)cc5)n4)cc3)(C1)C2. The molecular weight excluding hydrogens is 573 g/mol. The van der Waals surface area contributed by atoms with Gasteiger partial charge in [-0.3, -0.25) is 0 Å². The highest BCUT2D eigenvalue weighted by atomic mass is 15.0. The molecule has 0 radical (unpaired) electrons. The van der Waals surface area contributed by atoms with Crippen molar-refractivity contribution in [3.8, 4) is 51.4 Å². The van der Waals surface area contributed by atoms with E-state index in [1.165, 1.54) is 37.7 Å². The Hall–Kier alpha value is -5.14. The Balaban J connectivity index is 1.16. The Morgan fingerprint density at radius 2 is 1.17 bits per heavy atom. The van der Waals surface area contributed by atoms with E-state index in [1.807, 2.05) is 42.5 Å². The summed E-state index contributed by atoms with van der Waals surface area (Å²) in [5, 5.41) is 11.5. The van der Waals surface area contributed by atoms with E-state index in [0.717, 1.165) is 56.3 Å². The number of hydrogen-bond donors (Lipinski definition) is 0. The minimum atomic E-state index is 0.293. The van der Waals surface area contributed by atoms with Crippen LogP contribution in [-0.4, -0.2) is 15.0 Å². The average molecular weight is 611 g/mol. The predicted molar refractivity (Wildman–Crippen MR) is 190 cm³/mol. The first-order valence-electron chi connectivity index (χ1n) is 16.9. The Kier molecular flexibility index (Phi) is 7.41. The van der Waals surface area contributed by atoms with Crippen molar-refractivity contribution < 1.29 is 0 Å². The van der Waals surface area contributed by atoms with Crippen molar-refractivity contribution in [2.75, 3.05) is 0 Å². The molecule has 2 fully saturated rings. The molecule has 0 saturated heterocycles. The first-order valence-corrected chi connectivity index (χ1v) is 16.9. The Bertz CT molecular complexity index is 2090. The molecule has 2 bridgehead atoms. The van der Waals surface area contributed by atoms with E-state index >= 15 is 0 Å². The van der Waals surface area contributed by atoms with Gasteiger partial charge < -0.3 is 0 Å². The maximum atomic E-state index is 9.36. The third-order valence-corrected chi connectivity index (χ3v) is 10.5. The molecule has 0 aliphatic heterocycles. The molecule has 4 atom stereocenters. The summed E-state index contributed by atoms with van der Waals surface area (Å²) < 4.78 is 0.